The second kappa shape index (κ2) is 5.68. The van der Waals surface area contributed by atoms with Crippen molar-refractivity contribution in [1.82, 2.24) is 4.72 Å². The first kappa shape index (κ1) is 14.6. The molecule has 0 aliphatic heterocycles. The Bertz CT molecular complexity index is 668. The number of hydrogen-bond acceptors (Lipinski definition) is 4. The molecule has 0 saturated carbocycles. The van der Waals surface area contributed by atoms with Crippen molar-refractivity contribution in [1.29, 1.82) is 0 Å². The van der Waals surface area contributed by atoms with Crippen LogP contribution in [0.15, 0.2) is 40.0 Å². The molecule has 20 heavy (non-hydrogen) atoms. The molecule has 0 bridgehead atoms. The van der Waals surface area contributed by atoms with E-state index >= 15 is 0 Å². The van der Waals surface area contributed by atoms with Crippen molar-refractivity contribution in [2.45, 2.75) is 25.3 Å². The maximum atomic E-state index is 12.4. The van der Waals surface area contributed by atoms with Crippen LogP contribution < -0.4 is 10.0 Å². The van der Waals surface area contributed by atoms with Crippen molar-refractivity contribution >= 4 is 15.7 Å². The van der Waals surface area contributed by atoms with Gasteiger partial charge >= 0.3 is 0 Å². The molecule has 2 N–H and O–H groups in total. The van der Waals surface area contributed by atoms with Crippen LogP contribution in [-0.4, -0.2) is 15.5 Å². The summed E-state index contributed by atoms with van der Waals surface area (Å²) in [6.07, 6.45) is 3.04. The molecule has 108 valence electrons. The molecule has 1 aromatic heterocycles. The molecule has 1 heterocycles. The standard InChI is InChI=1S/C14H18N2O3S/c1-10-6-13(15-3)7-11(2)14(10)20(17,18)16-8-12-4-5-19-9-12/h4-7,9,15-16H,8H2,1-3H3. The molecule has 0 spiro atoms. The summed E-state index contributed by atoms with van der Waals surface area (Å²) in [5.74, 6) is 0. The van der Waals surface area contributed by atoms with Crippen molar-refractivity contribution in [3.63, 3.8) is 0 Å². The van der Waals surface area contributed by atoms with E-state index in [9.17, 15) is 8.42 Å². The van der Waals surface area contributed by atoms with Crippen LogP contribution in [0.25, 0.3) is 0 Å². The third-order valence-electron chi connectivity index (χ3n) is 3.06. The van der Waals surface area contributed by atoms with E-state index in [1.165, 1.54) is 12.5 Å². The molecule has 0 aliphatic rings. The molecule has 0 amide bonds. The Labute approximate surface area is 119 Å². The van der Waals surface area contributed by atoms with Crippen LogP contribution in [0, 0.1) is 13.8 Å². The highest BCUT2D eigenvalue weighted by molar-refractivity contribution is 7.89. The monoisotopic (exact) mass is 294 g/mol. The quantitative estimate of drug-likeness (QED) is 0.888. The van der Waals surface area contributed by atoms with Gasteiger partial charge in [0.1, 0.15) is 0 Å². The highest BCUT2D eigenvalue weighted by Gasteiger charge is 2.20. The largest absolute Gasteiger partial charge is 0.472 e. The van der Waals surface area contributed by atoms with Gasteiger partial charge in [0.25, 0.3) is 0 Å². The number of rotatable bonds is 5. The lowest BCUT2D eigenvalue weighted by atomic mass is 10.1. The lowest BCUT2D eigenvalue weighted by Gasteiger charge is -2.13. The summed E-state index contributed by atoms with van der Waals surface area (Å²) < 4.78 is 32.3. The van der Waals surface area contributed by atoms with Gasteiger partial charge in [-0.2, -0.15) is 0 Å². The van der Waals surface area contributed by atoms with Crippen molar-refractivity contribution in [3.8, 4) is 0 Å². The van der Waals surface area contributed by atoms with Gasteiger partial charge in [-0.3, -0.25) is 0 Å². The van der Waals surface area contributed by atoms with Crippen molar-refractivity contribution in [3.05, 3.63) is 47.4 Å². The molecule has 5 nitrogen and oxygen atoms in total. The Balaban J connectivity index is 2.29. The molecule has 0 saturated heterocycles. The van der Waals surface area contributed by atoms with Crippen LogP contribution in [0.3, 0.4) is 0 Å². The van der Waals surface area contributed by atoms with E-state index in [0.717, 1.165) is 11.3 Å². The highest BCUT2D eigenvalue weighted by Crippen LogP contribution is 2.24. The molecule has 0 unspecified atom stereocenters. The predicted octanol–water partition coefficient (Wildman–Crippen LogP) is 2.42. The van der Waals surface area contributed by atoms with E-state index in [-0.39, 0.29) is 6.54 Å². The fourth-order valence-electron chi connectivity index (χ4n) is 2.16. The zero-order chi connectivity index (χ0) is 14.8. The molecular formula is C14H18N2O3S. The zero-order valence-corrected chi connectivity index (χ0v) is 12.5. The Morgan fingerprint density at radius 2 is 1.85 bits per heavy atom. The number of hydrogen-bond donors (Lipinski definition) is 2. The van der Waals surface area contributed by atoms with E-state index in [4.69, 9.17) is 4.42 Å². The Morgan fingerprint density at radius 1 is 1.20 bits per heavy atom. The van der Waals surface area contributed by atoms with Gasteiger partial charge in [0.15, 0.2) is 0 Å². The van der Waals surface area contributed by atoms with Crippen molar-refractivity contribution in [2.75, 3.05) is 12.4 Å². The van der Waals surface area contributed by atoms with Gasteiger partial charge in [0.2, 0.25) is 10.0 Å². The topological polar surface area (TPSA) is 71.3 Å². The van der Waals surface area contributed by atoms with Gasteiger partial charge in [-0.05, 0) is 43.2 Å². The first-order chi connectivity index (χ1) is 9.44. The highest BCUT2D eigenvalue weighted by atomic mass is 32.2. The number of benzene rings is 1. The molecule has 2 rings (SSSR count). The first-order valence-electron chi connectivity index (χ1n) is 6.24. The lowest BCUT2D eigenvalue weighted by Crippen LogP contribution is -2.24. The normalized spacial score (nSPS) is 11.6. The number of anilines is 1. The number of nitrogens with one attached hydrogen (secondary N) is 2. The summed E-state index contributed by atoms with van der Waals surface area (Å²) in [5.41, 5.74) is 3.12. The van der Waals surface area contributed by atoms with Gasteiger partial charge in [-0.15, -0.1) is 0 Å². The average Bonchev–Trinajstić information content (AvgIpc) is 2.88. The fraction of sp³-hybridized carbons (Fsp3) is 0.286. The maximum absolute atomic E-state index is 12.4. The summed E-state index contributed by atoms with van der Waals surface area (Å²) in [4.78, 5) is 0.333. The third-order valence-corrected chi connectivity index (χ3v) is 4.77. The Morgan fingerprint density at radius 3 is 2.35 bits per heavy atom. The van der Waals surface area contributed by atoms with Crippen molar-refractivity contribution in [2.24, 2.45) is 0 Å². The van der Waals surface area contributed by atoms with Crippen LogP contribution >= 0.6 is 0 Å². The van der Waals surface area contributed by atoms with E-state index in [1.807, 2.05) is 12.1 Å². The van der Waals surface area contributed by atoms with E-state index in [2.05, 4.69) is 10.0 Å². The SMILES string of the molecule is CNc1cc(C)c(S(=O)(=O)NCc2ccoc2)c(C)c1. The molecule has 0 fully saturated rings. The Kier molecular flexibility index (Phi) is 4.15. The van der Waals surface area contributed by atoms with Gasteiger partial charge in [0.05, 0.1) is 17.4 Å². The molecule has 6 heteroatoms. The van der Waals surface area contributed by atoms with E-state index < -0.39 is 10.0 Å². The summed E-state index contributed by atoms with van der Waals surface area (Å²) in [6.45, 7) is 3.80. The molecule has 0 radical (unpaired) electrons. The molecule has 1 aromatic carbocycles. The zero-order valence-electron chi connectivity index (χ0n) is 11.7. The smallest absolute Gasteiger partial charge is 0.241 e. The van der Waals surface area contributed by atoms with Crippen LogP contribution in [0.4, 0.5) is 5.69 Å². The van der Waals surface area contributed by atoms with Crippen LogP contribution in [-0.2, 0) is 16.6 Å². The van der Waals surface area contributed by atoms with Gasteiger partial charge in [-0.25, -0.2) is 13.1 Å². The lowest BCUT2D eigenvalue weighted by molar-refractivity contribution is 0.561. The summed E-state index contributed by atoms with van der Waals surface area (Å²) in [7, 11) is -1.74. The number of aryl methyl sites for hydroxylation is 2. The minimum atomic E-state index is -3.54. The van der Waals surface area contributed by atoms with Crippen molar-refractivity contribution < 1.29 is 12.8 Å². The van der Waals surface area contributed by atoms with E-state index in [0.29, 0.717) is 16.0 Å². The van der Waals surface area contributed by atoms with Gasteiger partial charge < -0.3 is 9.73 Å². The Hall–Kier alpha value is -1.79. The second-order valence-corrected chi connectivity index (χ2v) is 6.35. The van der Waals surface area contributed by atoms with Gasteiger partial charge in [0, 0.05) is 24.8 Å². The first-order valence-corrected chi connectivity index (χ1v) is 7.72. The third kappa shape index (κ3) is 3.02. The maximum Gasteiger partial charge on any atom is 0.241 e. The molecular weight excluding hydrogens is 276 g/mol. The van der Waals surface area contributed by atoms with Crippen LogP contribution in [0.2, 0.25) is 0 Å². The summed E-state index contributed by atoms with van der Waals surface area (Å²) in [5, 5.41) is 3.01. The van der Waals surface area contributed by atoms with E-state index in [1.54, 1.807) is 27.0 Å². The van der Waals surface area contributed by atoms with Gasteiger partial charge in [-0.1, -0.05) is 0 Å². The summed E-state index contributed by atoms with van der Waals surface area (Å²) in [6, 6.07) is 5.37. The van der Waals surface area contributed by atoms with Crippen LogP contribution in [0.5, 0.6) is 0 Å². The number of sulfonamides is 1. The molecule has 2 aromatic rings. The minimum Gasteiger partial charge on any atom is -0.472 e. The minimum absolute atomic E-state index is 0.214. The molecule has 0 aliphatic carbocycles. The van der Waals surface area contributed by atoms with Crippen LogP contribution in [0.1, 0.15) is 16.7 Å². The predicted molar refractivity (Wildman–Crippen MR) is 78.2 cm³/mol. The second-order valence-electron chi connectivity index (χ2n) is 4.65. The number of furan rings is 1. The fourth-order valence-corrected chi connectivity index (χ4v) is 3.63. The summed E-state index contributed by atoms with van der Waals surface area (Å²) >= 11 is 0. The average molecular weight is 294 g/mol. The molecule has 0 atom stereocenters.